The predicted molar refractivity (Wildman–Crippen MR) is 119 cm³/mol. The quantitative estimate of drug-likeness (QED) is 0.197. The number of Topliss-reactive ketones (excluding diaryl/α,β-unsaturated/α-hetero) is 1. The number of fused-ring (bicyclic) bond motifs is 2. The fraction of sp³-hybridized carbons (Fsp3) is 0.0400. The first kappa shape index (κ1) is 19.3. The molecule has 1 aliphatic rings. The average molecular weight is 475 g/mol. The number of hydrogen-bond acceptors (Lipinski definition) is 5. The molecule has 0 atom stereocenters. The zero-order chi connectivity index (χ0) is 21.5. The summed E-state index contributed by atoms with van der Waals surface area (Å²) in [4.78, 5) is 25.4. The summed E-state index contributed by atoms with van der Waals surface area (Å²) in [6, 6.07) is 19.8. The number of halogens is 1. The highest BCUT2D eigenvalue weighted by molar-refractivity contribution is 9.10. The van der Waals surface area contributed by atoms with Gasteiger partial charge in [-0.15, -0.1) is 0 Å². The third kappa shape index (κ3) is 3.55. The highest BCUT2D eigenvalue weighted by atomic mass is 79.9. The van der Waals surface area contributed by atoms with Crippen LogP contribution in [0.2, 0.25) is 0 Å². The Hall–Kier alpha value is -3.64. The van der Waals surface area contributed by atoms with E-state index in [1.807, 2.05) is 42.5 Å². The first-order chi connectivity index (χ1) is 15.0. The molecule has 0 amide bonds. The van der Waals surface area contributed by atoms with E-state index < -0.39 is 5.97 Å². The molecule has 31 heavy (non-hydrogen) atoms. The molecule has 4 aromatic rings. The monoisotopic (exact) mass is 474 g/mol. The molecule has 152 valence electrons. The summed E-state index contributed by atoms with van der Waals surface area (Å²) in [7, 11) is 0. The summed E-state index contributed by atoms with van der Waals surface area (Å²) in [5, 5.41) is 0.789. The summed E-state index contributed by atoms with van der Waals surface area (Å²) >= 11 is 3.40. The van der Waals surface area contributed by atoms with Gasteiger partial charge in [-0.2, -0.15) is 0 Å². The maximum absolute atomic E-state index is 12.7. The Bertz CT molecular complexity index is 1380. The largest absolute Gasteiger partial charge is 0.452 e. The number of rotatable bonds is 3. The lowest BCUT2D eigenvalue weighted by Gasteiger charge is -2.09. The van der Waals surface area contributed by atoms with E-state index in [9.17, 15) is 9.59 Å². The Labute approximate surface area is 186 Å². The molecule has 1 aromatic heterocycles. The number of allylic oxidation sites excluding steroid dienone is 1. The van der Waals surface area contributed by atoms with Crippen LogP contribution in [0.25, 0.3) is 17.0 Å². The summed E-state index contributed by atoms with van der Waals surface area (Å²) in [6.07, 6.45) is 1.69. The van der Waals surface area contributed by atoms with Crippen LogP contribution >= 0.6 is 15.9 Å². The minimum absolute atomic E-state index is 0.0923. The standard InChI is InChI=1S/C25H15BrO5/c1-14-19(31-25(28)22-13-16-12-17(26)7-9-20(16)29-22)10-8-18-23(27)21(30-24(14)18)11-15-5-3-2-4-6-15/h2-13H,1H3/b21-11-. The lowest BCUT2D eigenvalue weighted by atomic mass is 10.1. The van der Waals surface area contributed by atoms with Crippen molar-refractivity contribution in [3.8, 4) is 11.5 Å². The third-order valence-electron chi connectivity index (χ3n) is 5.02. The second-order valence-electron chi connectivity index (χ2n) is 7.10. The molecule has 0 aliphatic carbocycles. The molecular weight excluding hydrogens is 460 g/mol. The lowest BCUT2D eigenvalue weighted by molar-refractivity contribution is 0.0702. The Morgan fingerprint density at radius 2 is 1.84 bits per heavy atom. The van der Waals surface area contributed by atoms with Crippen LogP contribution in [-0.2, 0) is 0 Å². The van der Waals surface area contributed by atoms with Crippen LogP contribution in [0.15, 0.2) is 81.4 Å². The van der Waals surface area contributed by atoms with Crippen LogP contribution in [0.4, 0.5) is 0 Å². The van der Waals surface area contributed by atoms with Crippen molar-refractivity contribution in [1.82, 2.24) is 0 Å². The number of ketones is 1. The van der Waals surface area contributed by atoms with Gasteiger partial charge in [-0.25, -0.2) is 4.79 Å². The van der Waals surface area contributed by atoms with E-state index in [-0.39, 0.29) is 17.3 Å². The van der Waals surface area contributed by atoms with Gasteiger partial charge in [0, 0.05) is 15.4 Å². The lowest BCUT2D eigenvalue weighted by Crippen LogP contribution is -2.08. The first-order valence-electron chi connectivity index (χ1n) is 9.54. The third-order valence-corrected chi connectivity index (χ3v) is 5.51. The molecule has 0 bridgehead atoms. The number of carbonyl (C=O) groups is 2. The SMILES string of the molecule is Cc1c(OC(=O)c2cc3cc(Br)ccc3o2)ccc2c1O/C(=C\c1ccccc1)C2=O. The fourth-order valence-corrected chi connectivity index (χ4v) is 3.82. The second kappa shape index (κ2) is 7.56. The van der Waals surface area contributed by atoms with Crippen molar-refractivity contribution in [2.75, 3.05) is 0 Å². The molecule has 3 aromatic carbocycles. The van der Waals surface area contributed by atoms with Gasteiger partial charge in [0.25, 0.3) is 0 Å². The smallest absolute Gasteiger partial charge is 0.379 e. The predicted octanol–water partition coefficient (Wildman–Crippen LogP) is 6.34. The van der Waals surface area contributed by atoms with Crippen LogP contribution < -0.4 is 9.47 Å². The Kier molecular flexibility index (Phi) is 4.71. The van der Waals surface area contributed by atoms with Crippen LogP contribution in [0, 0.1) is 6.92 Å². The molecule has 1 aliphatic heterocycles. The van der Waals surface area contributed by atoms with E-state index >= 15 is 0 Å². The van der Waals surface area contributed by atoms with Crippen molar-refractivity contribution in [3.63, 3.8) is 0 Å². The molecule has 2 heterocycles. The number of carbonyl (C=O) groups excluding carboxylic acids is 2. The van der Waals surface area contributed by atoms with Crippen LogP contribution in [0.5, 0.6) is 11.5 Å². The van der Waals surface area contributed by atoms with Gasteiger partial charge in [0.15, 0.2) is 5.76 Å². The van der Waals surface area contributed by atoms with Crippen molar-refractivity contribution in [2.45, 2.75) is 6.92 Å². The van der Waals surface area contributed by atoms with E-state index in [2.05, 4.69) is 15.9 Å². The van der Waals surface area contributed by atoms with Gasteiger partial charge in [0.05, 0.1) is 5.56 Å². The van der Waals surface area contributed by atoms with Gasteiger partial charge >= 0.3 is 5.97 Å². The van der Waals surface area contributed by atoms with Gasteiger partial charge in [-0.1, -0.05) is 46.3 Å². The van der Waals surface area contributed by atoms with Crippen molar-refractivity contribution in [1.29, 1.82) is 0 Å². The number of hydrogen-bond donors (Lipinski definition) is 0. The molecule has 0 N–H and O–H groups in total. The zero-order valence-corrected chi connectivity index (χ0v) is 17.9. The van der Waals surface area contributed by atoms with Crippen LogP contribution in [-0.4, -0.2) is 11.8 Å². The molecule has 0 spiro atoms. The Balaban J connectivity index is 1.42. The molecule has 0 saturated heterocycles. The molecule has 0 saturated carbocycles. The van der Waals surface area contributed by atoms with Crippen molar-refractivity contribution < 1.29 is 23.5 Å². The highest BCUT2D eigenvalue weighted by Crippen LogP contribution is 2.39. The van der Waals surface area contributed by atoms with Crippen LogP contribution in [0.3, 0.4) is 0 Å². The molecule has 0 fully saturated rings. The summed E-state index contributed by atoms with van der Waals surface area (Å²) in [6.45, 7) is 1.75. The molecular formula is C25H15BrO5. The van der Waals surface area contributed by atoms with Crippen LogP contribution in [0.1, 0.15) is 32.0 Å². The van der Waals surface area contributed by atoms with Gasteiger partial charge in [0.1, 0.15) is 17.1 Å². The maximum Gasteiger partial charge on any atom is 0.379 e. The summed E-state index contributed by atoms with van der Waals surface area (Å²) < 4.78 is 17.9. The average Bonchev–Trinajstić information content (AvgIpc) is 3.32. The number of benzene rings is 3. The van der Waals surface area contributed by atoms with Gasteiger partial charge in [0.2, 0.25) is 11.5 Å². The zero-order valence-electron chi connectivity index (χ0n) is 16.3. The van der Waals surface area contributed by atoms with E-state index in [0.29, 0.717) is 28.2 Å². The molecule has 6 heteroatoms. The molecule has 0 unspecified atom stereocenters. The fourth-order valence-electron chi connectivity index (χ4n) is 3.44. The Morgan fingerprint density at radius 1 is 1.03 bits per heavy atom. The van der Waals surface area contributed by atoms with Gasteiger partial charge < -0.3 is 13.9 Å². The second-order valence-corrected chi connectivity index (χ2v) is 8.01. The minimum Gasteiger partial charge on any atom is -0.452 e. The van der Waals surface area contributed by atoms with Crippen molar-refractivity contribution in [3.05, 3.63) is 99.4 Å². The van der Waals surface area contributed by atoms with Crippen molar-refractivity contribution in [2.24, 2.45) is 0 Å². The molecule has 5 nitrogen and oxygen atoms in total. The minimum atomic E-state index is -0.625. The number of ether oxygens (including phenoxy) is 2. The van der Waals surface area contributed by atoms with Gasteiger partial charge in [-0.05, 0) is 55.0 Å². The summed E-state index contributed by atoms with van der Waals surface area (Å²) in [5.41, 5.74) is 2.45. The van der Waals surface area contributed by atoms with E-state index in [0.717, 1.165) is 15.4 Å². The summed E-state index contributed by atoms with van der Waals surface area (Å²) in [5.74, 6) is 0.192. The highest BCUT2D eigenvalue weighted by Gasteiger charge is 2.30. The van der Waals surface area contributed by atoms with E-state index in [1.54, 1.807) is 37.3 Å². The van der Waals surface area contributed by atoms with Gasteiger partial charge in [-0.3, -0.25) is 4.79 Å². The van der Waals surface area contributed by atoms with E-state index in [1.165, 1.54) is 0 Å². The maximum atomic E-state index is 12.7. The number of furan rings is 1. The van der Waals surface area contributed by atoms with E-state index in [4.69, 9.17) is 13.9 Å². The first-order valence-corrected chi connectivity index (χ1v) is 10.3. The molecule has 0 radical (unpaired) electrons. The van der Waals surface area contributed by atoms with Crippen molar-refractivity contribution >= 4 is 44.7 Å². The molecule has 5 rings (SSSR count). The normalized spacial score (nSPS) is 14.0. The Morgan fingerprint density at radius 3 is 2.65 bits per heavy atom. The topological polar surface area (TPSA) is 65.7 Å². The number of esters is 1.